The Morgan fingerprint density at radius 2 is 0.506 bits per heavy atom. The van der Waals surface area contributed by atoms with E-state index in [9.17, 15) is 18.0 Å². The van der Waals surface area contributed by atoms with Gasteiger partial charge in [-0.1, -0.05) is 214 Å². The van der Waals surface area contributed by atoms with E-state index in [0.717, 1.165) is 5.30 Å². The van der Waals surface area contributed by atoms with Gasteiger partial charge in [0.25, 0.3) is 0 Å². The molecule has 378 valence electrons. The number of rotatable bonds is 11. The first-order valence-corrected chi connectivity index (χ1v) is 25.6. The Morgan fingerprint density at radius 1 is 0.286 bits per heavy atom. The van der Waals surface area contributed by atoms with Crippen LogP contribution in [0.1, 0.15) is 75.0 Å². The lowest BCUT2D eigenvalue weighted by molar-refractivity contribution is -0.166. The Bertz CT molecular complexity index is 3560. The van der Waals surface area contributed by atoms with Crippen molar-refractivity contribution in [2.24, 2.45) is 0 Å². The van der Waals surface area contributed by atoms with Gasteiger partial charge in [0.1, 0.15) is 22.9 Å². The Kier molecular flexibility index (Phi) is 14.4. The summed E-state index contributed by atoms with van der Waals surface area (Å²) in [6.45, 7) is 4.00. The summed E-state index contributed by atoms with van der Waals surface area (Å²) in [7, 11) is 2.63. The second-order valence-electron chi connectivity index (χ2n) is 18.3. The van der Waals surface area contributed by atoms with Crippen LogP contribution in [0.25, 0.3) is 44.6 Å². The van der Waals surface area contributed by atoms with Crippen LogP contribution in [-0.4, -0.2) is 17.7 Å². The number of allylic oxidation sites excluding steroid dienone is 8. The fourth-order valence-electron chi connectivity index (χ4n) is 10.6. The molecule has 11 rings (SSSR count). The lowest BCUT2D eigenvalue weighted by Gasteiger charge is -2.38. The zero-order valence-electron chi connectivity index (χ0n) is 41.7. The summed E-state index contributed by atoms with van der Waals surface area (Å²) >= 11 is 0. The summed E-state index contributed by atoms with van der Waals surface area (Å²) in [5, 5.41) is 0.882. The van der Waals surface area contributed by atoms with Crippen molar-refractivity contribution in [2.75, 3.05) is 0 Å². The van der Waals surface area contributed by atoms with Crippen LogP contribution in [0.15, 0.2) is 237 Å². The topological polar surface area (TPSA) is 34.1 Å². The molecule has 2 aliphatic carbocycles. The molecule has 0 bridgehead atoms. The maximum absolute atomic E-state index is 16.9. The van der Waals surface area contributed by atoms with E-state index in [2.05, 4.69) is 9.24 Å². The van der Waals surface area contributed by atoms with Crippen LogP contribution in [0.4, 0.5) is 26.3 Å². The van der Waals surface area contributed by atoms with E-state index in [1.54, 1.807) is 66.7 Å². The predicted molar refractivity (Wildman–Crippen MR) is 302 cm³/mol. The largest absolute Gasteiger partial charge is 0.406 e. The van der Waals surface area contributed by atoms with Gasteiger partial charge in [-0.25, -0.2) is 13.2 Å². The second-order valence-corrected chi connectivity index (χ2v) is 19.0. The Morgan fingerprint density at radius 3 is 0.792 bits per heavy atom. The molecule has 0 aromatic heterocycles. The molecule has 9 heteroatoms. The highest BCUT2D eigenvalue weighted by Crippen LogP contribution is 2.55. The molecule has 9 aromatic carbocycles. The maximum Gasteiger partial charge on any atom is 0.406 e. The van der Waals surface area contributed by atoms with Crippen LogP contribution in [0.3, 0.4) is 0 Å². The third kappa shape index (κ3) is 9.44. The minimum atomic E-state index is -4.96. The molecule has 0 aliphatic heterocycles. The van der Waals surface area contributed by atoms with Crippen LogP contribution >= 0.6 is 9.24 Å². The molecule has 0 heterocycles. The molecule has 0 spiro atoms. The fraction of sp³-hybridized carbons (Fsp3) is 0.0588. The van der Waals surface area contributed by atoms with Crippen LogP contribution in [0.5, 0.6) is 0 Å². The molecule has 0 saturated heterocycles. The van der Waals surface area contributed by atoms with Gasteiger partial charge in [0.15, 0.2) is 11.6 Å². The first-order valence-electron chi connectivity index (χ1n) is 25.0. The van der Waals surface area contributed by atoms with Gasteiger partial charge >= 0.3 is 6.18 Å². The van der Waals surface area contributed by atoms with Crippen molar-refractivity contribution < 1.29 is 35.9 Å². The van der Waals surface area contributed by atoms with E-state index in [0.29, 0.717) is 77.9 Å². The van der Waals surface area contributed by atoms with Gasteiger partial charge in [-0.3, -0.25) is 9.59 Å². The highest BCUT2D eigenvalue weighted by Gasteiger charge is 2.58. The Balaban J connectivity index is 0.00000332. The van der Waals surface area contributed by atoms with Crippen LogP contribution in [0.2, 0.25) is 0 Å². The summed E-state index contributed by atoms with van der Waals surface area (Å²) < 4.78 is 93.8. The first kappa shape index (κ1) is 51.8. The van der Waals surface area contributed by atoms with E-state index in [-0.39, 0.29) is 33.6 Å². The molecular weight excluding hydrogens is 994 g/mol. The standard InChI is InChI=1S/C66H41F6O2P.C2H6/c67-51-32-20-44(21-33-51)59-55(40-10-4-1-5-11-40)57(61(63(59)73)46-24-36-53(69)37-25-46)42-16-28-49(29-17-42)65(66(70,71)72,48-14-8-3-9-15-48)50-30-18-43(19-31-50)58-56(41-12-6-2-7-13-41)60(45-22-34-52(68)35-23-45)64(74)62(58)47-26-38-54(75)39-27-47;1-2/h1-39H,75H2;1-2H3. The van der Waals surface area contributed by atoms with Crippen molar-refractivity contribution in [3.05, 3.63) is 315 Å². The number of ketones is 2. The minimum absolute atomic E-state index is 0.0549. The van der Waals surface area contributed by atoms with Gasteiger partial charge in [-0.2, -0.15) is 13.2 Å². The summed E-state index contributed by atoms with van der Waals surface area (Å²) in [6, 6.07) is 62.2. The van der Waals surface area contributed by atoms with Gasteiger partial charge in [0, 0.05) is 44.6 Å². The van der Waals surface area contributed by atoms with Crippen molar-refractivity contribution in [2.45, 2.75) is 25.4 Å². The molecule has 2 nitrogen and oxygen atoms in total. The molecule has 0 fully saturated rings. The molecular formula is C68H47F6O2P. The first-order chi connectivity index (χ1) is 37.3. The average Bonchev–Trinajstić information content (AvgIpc) is 4.18. The van der Waals surface area contributed by atoms with E-state index < -0.39 is 34.8 Å². The zero-order chi connectivity index (χ0) is 54.0. The monoisotopic (exact) mass is 1040 g/mol. The molecule has 9 aromatic rings. The Hall–Kier alpha value is -8.71. The average molecular weight is 1040 g/mol. The van der Waals surface area contributed by atoms with Gasteiger partial charge < -0.3 is 0 Å². The van der Waals surface area contributed by atoms with E-state index in [4.69, 9.17) is 0 Å². The van der Waals surface area contributed by atoms with E-state index in [1.807, 2.05) is 86.6 Å². The van der Waals surface area contributed by atoms with Gasteiger partial charge in [-0.15, -0.1) is 9.24 Å². The predicted octanol–water partition coefficient (Wildman–Crippen LogP) is 16.7. The number of hydrogen-bond acceptors (Lipinski definition) is 2. The fourth-order valence-corrected chi connectivity index (χ4v) is 10.8. The van der Waals surface area contributed by atoms with Gasteiger partial charge in [0.2, 0.25) is 0 Å². The third-order valence-corrected chi connectivity index (χ3v) is 14.4. The molecule has 0 radical (unpaired) electrons. The normalized spacial score (nSPS) is 14.5. The summed E-state index contributed by atoms with van der Waals surface area (Å²) in [4.78, 5) is 30.0. The maximum atomic E-state index is 16.9. The number of hydrogen-bond donors (Lipinski definition) is 0. The van der Waals surface area contributed by atoms with Crippen molar-refractivity contribution >= 4 is 70.7 Å². The molecule has 2 atom stereocenters. The van der Waals surface area contributed by atoms with E-state index >= 15 is 18.0 Å². The Labute approximate surface area is 445 Å². The molecule has 0 N–H and O–H groups in total. The smallest absolute Gasteiger partial charge is 0.289 e. The number of carbonyl (C=O) groups is 2. The summed E-state index contributed by atoms with van der Waals surface area (Å²) in [5.41, 5.74) is 4.16. The quantitative estimate of drug-likeness (QED) is 0.0735. The summed E-state index contributed by atoms with van der Waals surface area (Å²) in [6.07, 6.45) is -4.96. The zero-order valence-corrected chi connectivity index (χ0v) is 42.8. The molecule has 77 heavy (non-hydrogen) atoms. The third-order valence-electron chi connectivity index (χ3n) is 14.0. The van der Waals surface area contributed by atoms with E-state index in [1.165, 1.54) is 97.1 Å². The number of halogens is 6. The van der Waals surface area contributed by atoms with Gasteiger partial charge in [-0.05, 0) is 103 Å². The summed E-state index contributed by atoms with van der Waals surface area (Å²) in [5.74, 6) is -2.24. The van der Waals surface area contributed by atoms with Crippen molar-refractivity contribution in [3.63, 3.8) is 0 Å². The number of Topliss-reactive ketones (excluding diaryl/α,β-unsaturated/α-hetero) is 2. The molecule has 2 unspecified atom stereocenters. The highest BCUT2D eigenvalue weighted by molar-refractivity contribution is 7.27. The van der Waals surface area contributed by atoms with Crippen LogP contribution < -0.4 is 5.30 Å². The minimum Gasteiger partial charge on any atom is -0.289 e. The van der Waals surface area contributed by atoms with Gasteiger partial charge in [0.05, 0.1) is 0 Å². The van der Waals surface area contributed by atoms with Crippen LogP contribution in [0, 0.1) is 17.5 Å². The van der Waals surface area contributed by atoms with Crippen molar-refractivity contribution in [1.82, 2.24) is 0 Å². The molecule has 0 amide bonds. The van der Waals surface area contributed by atoms with Crippen molar-refractivity contribution in [3.8, 4) is 0 Å². The van der Waals surface area contributed by atoms with Crippen molar-refractivity contribution in [1.29, 1.82) is 0 Å². The lowest BCUT2D eigenvalue weighted by atomic mass is 9.68. The number of benzene rings is 9. The molecule has 2 aliphatic rings. The molecule has 0 saturated carbocycles. The lowest BCUT2D eigenvalue weighted by Crippen LogP contribution is -2.44. The SMILES string of the molecule is CC.O=C1C(c2ccc(F)cc2)=C(c2ccccc2)C(c2ccc(C(c3ccccc3)(c3ccc(C4=C(c5ccc(P)cc5)C(=O)C(c5ccc(F)cc5)=C4c4ccccc4)cc3)C(F)(F)F)cc2)=C1c1ccc(F)cc1. The second kappa shape index (κ2) is 21.5. The van der Waals surface area contributed by atoms with Crippen LogP contribution in [-0.2, 0) is 15.0 Å². The number of alkyl halides is 3. The highest BCUT2D eigenvalue weighted by atomic mass is 31.0. The number of carbonyl (C=O) groups excluding carboxylic acids is 2.